The minimum atomic E-state index is -0.0429. The molecular weight excluding hydrogens is 487 g/mol. The lowest BCUT2D eigenvalue weighted by Gasteiger charge is -2.33. The maximum Gasteiger partial charge on any atom is 0.230 e. The molecule has 0 aliphatic carbocycles. The summed E-state index contributed by atoms with van der Waals surface area (Å²) in [7, 11) is 0. The second-order valence-electron chi connectivity index (χ2n) is 7.30. The highest BCUT2D eigenvalue weighted by molar-refractivity contribution is 8.01. The maximum atomic E-state index is 12.3. The van der Waals surface area contributed by atoms with E-state index in [1.54, 1.807) is 12.4 Å². The number of hydrogen-bond acceptors (Lipinski definition) is 7. The van der Waals surface area contributed by atoms with Crippen LogP contribution in [0.15, 0.2) is 52.4 Å². The number of rotatable bonds is 8. The number of thiazole rings is 1. The molecule has 0 saturated carbocycles. The largest absolute Gasteiger partial charge is 0.374 e. The van der Waals surface area contributed by atoms with Gasteiger partial charge in [0.05, 0.1) is 34.2 Å². The fourth-order valence-electron chi connectivity index (χ4n) is 3.33. The van der Waals surface area contributed by atoms with Crippen LogP contribution < -0.4 is 5.32 Å². The molecule has 6 nitrogen and oxygen atoms in total. The maximum absolute atomic E-state index is 12.3. The van der Waals surface area contributed by atoms with Crippen LogP contribution in [0.2, 0.25) is 10.0 Å². The van der Waals surface area contributed by atoms with Crippen molar-refractivity contribution in [3.8, 4) is 11.3 Å². The minimum absolute atomic E-state index is 0.0270. The number of carbonyl (C=O) groups is 1. The average molecular weight is 509 g/mol. The van der Waals surface area contributed by atoms with Crippen molar-refractivity contribution in [1.82, 2.24) is 20.2 Å². The van der Waals surface area contributed by atoms with Gasteiger partial charge in [-0.05, 0) is 29.8 Å². The third-order valence-electron chi connectivity index (χ3n) is 4.93. The van der Waals surface area contributed by atoms with Crippen molar-refractivity contribution in [3.05, 3.63) is 63.7 Å². The van der Waals surface area contributed by atoms with Gasteiger partial charge in [-0.25, -0.2) is 4.98 Å². The molecule has 0 unspecified atom stereocenters. The summed E-state index contributed by atoms with van der Waals surface area (Å²) in [5, 5.41) is 6.09. The monoisotopic (exact) mass is 508 g/mol. The molecule has 1 saturated heterocycles. The topological polar surface area (TPSA) is 67.4 Å². The number of halogens is 2. The number of carbonyl (C=O) groups excluding carboxylic acids is 1. The molecule has 1 aliphatic heterocycles. The van der Waals surface area contributed by atoms with Gasteiger partial charge in [0, 0.05) is 49.5 Å². The molecule has 168 valence electrons. The lowest BCUT2D eigenvalue weighted by Crippen LogP contribution is -2.47. The van der Waals surface area contributed by atoms with E-state index in [-0.39, 0.29) is 12.0 Å². The molecule has 0 radical (unpaired) electrons. The fourth-order valence-corrected chi connectivity index (χ4v) is 5.31. The molecule has 1 amide bonds. The number of morpholine rings is 1. The number of pyridine rings is 1. The van der Waals surface area contributed by atoms with Crippen LogP contribution in [0.3, 0.4) is 0 Å². The number of benzene rings is 1. The number of hydrogen-bond donors (Lipinski definition) is 1. The van der Waals surface area contributed by atoms with Crippen LogP contribution in [-0.4, -0.2) is 58.9 Å². The van der Waals surface area contributed by atoms with Gasteiger partial charge in [-0.3, -0.25) is 14.7 Å². The number of aromatic nitrogens is 2. The van der Waals surface area contributed by atoms with Crippen LogP contribution in [0.1, 0.15) is 5.56 Å². The lowest BCUT2D eigenvalue weighted by atomic mass is 10.2. The first-order chi connectivity index (χ1) is 15.6. The van der Waals surface area contributed by atoms with Crippen molar-refractivity contribution in [2.75, 3.05) is 32.0 Å². The summed E-state index contributed by atoms with van der Waals surface area (Å²) in [4.78, 5) is 23.2. The molecule has 10 heteroatoms. The Kier molecular flexibility index (Phi) is 8.40. The zero-order valence-electron chi connectivity index (χ0n) is 17.2. The Balaban J connectivity index is 1.20. The second-order valence-corrected chi connectivity index (χ2v) is 10.2. The van der Waals surface area contributed by atoms with Crippen LogP contribution in [0, 0.1) is 0 Å². The van der Waals surface area contributed by atoms with Crippen molar-refractivity contribution in [1.29, 1.82) is 0 Å². The fraction of sp³-hybridized carbons (Fsp3) is 0.318. The van der Waals surface area contributed by atoms with Gasteiger partial charge in [-0.1, -0.05) is 41.0 Å². The quantitative estimate of drug-likeness (QED) is 0.447. The Morgan fingerprint density at radius 1 is 1.25 bits per heavy atom. The standard InChI is InChI=1S/C22H22Cl2N4O2S2/c23-18-2-1-15(9-19(18)24)11-28-7-8-30-17(12-28)10-26-21(29)14-32-22-27-20(13-31-22)16-3-5-25-6-4-16/h1-6,9,13,17H,7-8,10-12,14H2,(H,26,29)/t17-/m0/s1. The van der Waals surface area contributed by atoms with Crippen LogP contribution in [0.4, 0.5) is 0 Å². The first-order valence-corrected chi connectivity index (χ1v) is 12.7. The first kappa shape index (κ1) is 23.5. The molecule has 4 rings (SSSR count). The molecule has 3 heterocycles. The van der Waals surface area contributed by atoms with Crippen LogP contribution in [0.5, 0.6) is 0 Å². The van der Waals surface area contributed by atoms with Gasteiger partial charge in [-0.15, -0.1) is 11.3 Å². The molecule has 1 N–H and O–H groups in total. The Morgan fingerprint density at radius 2 is 2.09 bits per heavy atom. The van der Waals surface area contributed by atoms with Crippen molar-refractivity contribution >= 4 is 52.2 Å². The smallest absolute Gasteiger partial charge is 0.230 e. The van der Waals surface area contributed by atoms with Crippen LogP contribution in [-0.2, 0) is 16.1 Å². The zero-order chi connectivity index (χ0) is 22.3. The number of nitrogens with zero attached hydrogens (tertiary/aromatic N) is 3. The van der Waals surface area contributed by atoms with Gasteiger partial charge in [-0.2, -0.15) is 0 Å². The summed E-state index contributed by atoms with van der Waals surface area (Å²) >= 11 is 15.1. The molecule has 1 atom stereocenters. The number of amides is 1. The molecule has 3 aromatic rings. The zero-order valence-corrected chi connectivity index (χ0v) is 20.3. The average Bonchev–Trinajstić information content (AvgIpc) is 3.29. The van der Waals surface area contributed by atoms with Crippen LogP contribution in [0.25, 0.3) is 11.3 Å². The first-order valence-electron chi connectivity index (χ1n) is 10.1. The van der Waals surface area contributed by atoms with Crippen LogP contribution >= 0.6 is 46.3 Å². The molecule has 1 aromatic carbocycles. The molecule has 32 heavy (non-hydrogen) atoms. The van der Waals surface area contributed by atoms with Gasteiger partial charge >= 0.3 is 0 Å². The number of nitrogens with one attached hydrogen (secondary N) is 1. The van der Waals surface area contributed by atoms with Gasteiger partial charge in [0.1, 0.15) is 0 Å². The summed E-state index contributed by atoms with van der Waals surface area (Å²) in [5.41, 5.74) is 3.03. The summed E-state index contributed by atoms with van der Waals surface area (Å²) in [5.74, 6) is 0.295. The van der Waals surface area contributed by atoms with Gasteiger partial charge < -0.3 is 10.1 Å². The third kappa shape index (κ3) is 6.66. The summed E-state index contributed by atoms with van der Waals surface area (Å²) in [6.45, 7) is 3.47. The van der Waals surface area contributed by atoms with E-state index in [1.807, 2.05) is 35.7 Å². The van der Waals surface area contributed by atoms with Crippen molar-refractivity contribution in [2.24, 2.45) is 0 Å². The Bertz CT molecular complexity index is 1050. The third-order valence-corrected chi connectivity index (χ3v) is 7.69. The highest BCUT2D eigenvalue weighted by Gasteiger charge is 2.21. The normalized spacial score (nSPS) is 16.8. The van der Waals surface area contributed by atoms with Gasteiger partial charge in [0.25, 0.3) is 0 Å². The molecule has 1 fully saturated rings. The predicted molar refractivity (Wildman–Crippen MR) is 131 cm³/mol. The van der Waals surface area contributed by atoms with E-state index in [0.717, 1.165) is 40.8 Å². The molecule has 0 bridgehead atoms. The summed E-state index contributed by atoms with van der Waals surface area (Å²) in [6.07, 6.45) is 3.45. The molecule has 2 aromatic heterocycles. The van der Waals surface area contributed by atoms with E-state index in [9.17, 15) is 4.79 Å². The highest BCUT2D eigenvalue weighted by atomic mass is 35.5. The van der Waals surface area contributed by atoms with E-state index in [1.165, 1.54) is 23.1 Å². The predicted octanol–water partition coefficient (Wildman–Crippen LogP) is 4.62. The van der Waals surface area contributed by atoms with Crippen molar-refractivity contribution in [2.45, 2.75) is 17.0 Å². The van der Waals surface area contributed by atoms with E-state index < -0.39 is 0 Å². The SMILES string of the molecule is O=C(CSc1nc(-c2ccncc2)cs1)NC[C@H]1CN(Cc2ccc(Cl)c(Cl)c2)CCO1. The van der Waals surface area contributed by atoms with E-state index in [4.69, 9.17) is 27.9 Å². The Morgan fingerprint density at radius 3 is 2.91 bits per heavy atom. The lowest BCUT2D eigenvalue weighted by molar-refractivity contribution is -0.119. The Hall–Kier alpha value is -1.68. The van der Waals surface area contributed by atoms with Crippen molar-refractivity contribution in [3.63, 3.8) is 0 Å². The number of thioether (sulfide) groups is 1. The summed E-state index contributed by atoms with van der Waals surface area (Å²) in [6, 6.07) is 9.54. The summed E-state index contributed by atoms with van der Waals surface area (Å²) < 4.78 is 6.70. The van der Waals surface area contributed by atoms with Gasteiger partial charge in [0.2, 0.25) is 5.91 Å². The Labute approximate surface area is 205 Å². The van der Waals surface area contributed by atoms with E-state index in [0.29, 0.717) is 28.9 Å². The molecule has 0 spiro atoms. The highest BCUT2D eigenvalue weighted by Crippen LogP contribution is 2.28. The number of ether oxygens (including phenoxy) is 1. The molecular formula is C22H22Cl2N4O2S2. The second kappa shape index (κ2) is 11.4. The van der Waals surface area contributed by atoms with E-state index in [2.05, 4.69) is 20.2 Å². The minimum Gasteiger partial charge on any atom is -0.374 e. The van der Waals surface area contributed by atoms with Crippen molar-refractivity contribution < 1.29 is 9.53 Å². The molecule has 1 aliphatic rings. The van der Waals surface area contributed by atoms with Gasteiger partial charge in [0.15, 0.2) is 4.34 Å². The van der Waals surface area contributed by atoms with E-state index >= 15 is 0 Å².